The molecule has 6 nitrogen and oxygen atoms in total. The fourth-order valence-corrected chi connectivity index (χ4v) is 4.71. The summed E-state index contributed by atoms with van der Waals surface area (Å²) in [6.45, 7) is 2.31. The Bertz CT molecular complexity index is 1220. The van der Waals surface area contributed by atoms with E-state index in [1.54, 1.807) is 7.11 Å². The van der Waals surface area contributed by atoms with Crippen molar-refractivity contribution in [3.63, 3.8) is 0 Å². The fourth-order valence-electron chi connectivity index (χ4n) is 2.81. The van der Waals surface area contributed by atoms with E-state index < -0.39 is 0 Å². The molecule has 4 rings (SSSR count). The SMILES string of the molecule is COCc1c(Br)c(C)nc2sc3c(=O)n(-c4cccc(Br)c4)nnc3c12. The Morgan fingerprint density at radius 3 is 2.85 bits per heavy atom. The summed E-state index contributed by atoms with van der Waals surface area (Å²) in [5.41, 5.74) is 2.76. The zero-order chi connectivity index (χ0) is 18.4. The molecule has 0 amide bonds. The van der Waals surface area contributed by atoms with Gasteiger partial charge in [-0.05, 0) is 41.1 Å². The van der Waals surface area contributed by atoms with Crippen molar-refractivity contribution in [1.29, 1.82) is 0 Å². The van der Waals surface area contributed by atoms with Gasteiger partial charge in [-0.2, -0.15) is 4.68 Å². The average Bonchev–Trinajstić information content (AvgIpc) is 2.98. The highest BCUT2D eigenvalue weighted by Crippen LogP contribution is 2.36. The number of methoxy groups -OCH3 is 1. The molecule has 0 atom stereocenters. The number of halogens is 2. The van der Waals surface area contributed by atoms with Crippen molar-refractivity contribution in [1.82, 2.24) is 20.0 Å². The Morgan fingerprint density at radius 1 is 1.31 bits per heavy atom. The lowest BCUT2D eigenvalue weighted by atomic mass is 10.1. The maximum atomic E-state index is 13.0. The van der Waals surface area contributed by atoms with Crippen molar-refractivity contribution in [3.8, 4) is 5.69 Å². The summed E-state index contributed by atoms with van der Waals surface area (Å²) in [6.07, 6.45) is 0. The van der Waals surface area contributed by atoms with Gasteiger partial charge in [-0.15, -0.1) is 16.4 Å². The molecule has 0 aliphatic rings. The highest BCUT2D eigenvalue weighted by molar-refractivity contribution is 9.10. The summed E-state index contributed by atoms with van der Waals surface area (Å²) in [7, 11) is 1.63. The number of aromatic nitrogens is 4. The van der Waals surface area contributed by atoms with Gasteiger partial charge in [0, 0.05) is 27.0 Å². The van der Waals surface area contributed by atoms with Crippen molar-refractivity contribution in [2.45, 2.75) is 13.5 Å². The first kappa shape index (κ1) is 17.7. The molecule has 0 radical (unpaired) electrons. The summed E-state index contributed by atoms with van der Waals surface area (Å²) < 4.78 is 8.90. The molecule has 1 aromatic carbocycles. The van der Waals surface area contributed by atoms with Crippen LogP contribution in [-0.2, 0) is 11.3 Å². The number of thiophene rings is 1. The Balaban J connectivity index is 2.07. The molecule has 26 heavy (non-hydrogen) atoms. The first-order chi connectivity index (χ1) is 12.5. The second-order valence-electron chi connectivity index (χ2n) is 5.67. The molecule has 0 spiro atoms. The summed E-state index contributed by atoms with van der Waals surface area (Å²) in [5, 5.41) is 9.31. The van der Waals surface area contributed by atoms with Crippen LogP contribution < -0.4 is 5.56 Å². The van der Waals surface area contributed by atoms with E-state index in [0.717, 1.165) is 30.4 Å². The van der Waals surface area contributed by atoms with Gasteiger partial charge < -0.3 is 4.74 Å². The number of hydrogen-bond acceptors (Lipinski definition) is 6. The molecule has 0 N–H and O–H groups in total. The highest BCUT2D eigenvalue weighted by atomic mass is 79.9. The third kappa shape index (κ3) is 2.79. The minimum Gasteiger partial charge on any atom is -0.380 e. The van der Waals surface area contributed by atoms with Crippen LogP contribution in [0.5, 0.6) is 0 Å². The number of hydrogen-bond donors (Lipinski definition) is 0. The standard InChI is InChI=1S/C17H12Br2N4O2S/c1-8-13(19)11(7-25-2)12-14-15(26-16(12)20-8)17(24)23(22-21-14)10-5-3-4-9(18)6-10/h3-6H,7H2,1-2H3. The molecule has 4 aromatic rings. The first-order valence-electron chi connectivity index (χ1n) is 7.63. The predicted molar refractivity (Wildman–Crippen MR) is 109 cm³/mol. The third-order valence-electron chi connectivity index (χ3n) is 3.98. The molecular formula is C17H12Br2N4O2S. The van der Waals surface area contributed by atoms with Gasteiger partial charge >= 0.3 is 0 Å². The summed E-state index contributed by atoms with van der Waals surface area (Å²) in [5.74, 6) is 0. The van der Waals surface area contributed by atoms with Gasteiger partial charge in [-0.3, -0.25) is 4.79 Å². The zero-order valence-electron chi connectivity index (χ0n) is 13.8. The van der Waals surface area contributed by atoms with Crippen LogP contribution in [0.3, 0.4) is 0 Å². The second-order valence-corrected chi connectivity index (χ2v) is 8.38. The van der Waals surface area contributed by atoms with Crippen LogP contribution in [0.25, 0.3) is 26.1 Å². The lowest BCUT2D eigenvalue weighted by Crippen LogP contribution is -2.21. The van der Waals surface area contributed by atoms with Crippen molar-refractivity contribution < 1.29 is 4.74 Å². The van der Waals surface area contributed by atoms with Crippen molar-refractivity contribution in [3.05, 3.63) is 54.8 Å². The lowest BCUT2D eigenvalue weighted by Gasteiger charge is -2.08. The van der Waals surface area contributed by atoms with E-state index in [2.05, 4.69) is 47.2 Å². The smallest absolute Gasteiger partial charge is 0.292 e. The van der Waals surface area contributed by atoms with Gasteiger partial charge in [-0.25, -0.2) is 4.98 Å². The van der Waals surface area contributed by atoms with E-state index in [9.17, 15) is 4.79 Å². The topological polar surface area (TPSA) is 69.9 Å². The number of rotatable bonds is 3. The van der Waals surface area contributed by atoms with Crippen molar-refractivity contribution >= 4 is 63.6 Å². The van der Waals surface area contributed by atoms with Crippen LogP contribution in [0.15, 0.2) is 38.0 Å². The number of nitrogens with zero attached hydrogens (tertiary/aromatic N) is 4. The fraction of sp³-hybridized carbons (Fsp3) is 0.176. The van der Waals surface area contributed by atoms with Gasteiger partial charge in [0.25, 0.3) is 5.56 Å². The minimum absolute atomic E-state index is 0.215. The molecule has 0 unspecified atom stereocenters. The van der Waals surface area contributed by atoms with Crippen molar-refractivity contribution in [2.75, 3.05) is 7.11 Å². The molecule has 0 saturated carbocycles. The molecule has 3 heterocycles. The number of ether oxygens (including phenoxy) is 1. The van der Waals surface area contributed by atoms with E-state index in [1.807, 2.05) is 31.2 Å². The maximum absolute atomic E-state index is 13.0. The van der Waals surface area contributed by atoms with Gasteiger partial charge in [-0.1, -0.05) is 27.2 Å². The molecule has 132 valence electrons. The molecule has 9 heteroatoms. The average molecular weight is 496 g/mol. The number of fused-ring (bicyclic) bond motifs is 3. The molecular weight excluding hydrogens is 484 g/mol. The van der Waals surface area contributed by atoms with Crippen LogP contribution in [0.2, 0.25) is 0 Å². The minimum atomic E-state index is -0.215. The Morgan fingerprint density at radius 2 is 2.12 bits per heavy atom. The highest BCUT2D eigenvalue weighted by Gasteiger charge is 2.20. The molecule has 3 aromatic heterocycles. The van der Waals surface area contributed by atoms with E-state index >= 15 is 0 Å². The molecule has 0 bridgehead atoms. The third-order valence-corrected chi connectivity index (χ3v) is 6.59. The molecule has 0 aliphatic carbocycles. The van der Waals surface area contributed by atoms with Crippen LogP contribution in [-0.4, -0.2) is 27.1 Å². The first-order valence-corrected chi connectivity index (χ1v) is 10.0. The van der Waals surface area contributed by atoms with E-state index in [-0.39, 0.29) is 5.56 Å². The number of pyridine rings is 1. The summed E-state index contributed by atoms with van der Waals surface area (Å²) in [6, 6.07) is 7.38. The van der Waals surface area contributed by atoms with E-state index in [0.29, 0.717) is 22.5 Å². The zero-order valence-corrected chi connectivity index (χ0v) is 17.8. The lowest BCUT2D eigenvalue weighted by molar-refractivity contribution is 0.185. The molecule has 0 aliphatic heterocycles. The normalized spacial score (nSPS) is 11.5. The van der Waals surface area contributed by atoms with Crippen molar-refractivity contribution in [2.24, 2.45) is 0 Å². The monoisotopic (exact) mass is 494 g/mol. The van der Waals surface area contributed by atoms with E-state index in [1.165, 1.54) is 16.0 Å². The van der Waals surface area contributed by atoms with Crippen LogP contribution in [0, 0.1) is 6.92 Å². The summed E-state index contributed by atoms with van der Waals surface area (Å²) in [4.78, 5) is 18.4. The summed E-state index contributed by atoms with van der Waals surface area (Å²) >= 11 is 8.32. The van der Waals surface area contributed by atoms with Crippen LogP contribution in [0.1, 0.15) is 11.3 Å². The van der Waals surface area contributed by atoms with Gasteiger partial charge in [0.2, 0.25) is 0 Å². The Labute approximate surface area is 169 Å². The second kappa shape index (κ2) is 6.80. The van der Waals surface area contributed by atoms with Crippen LogP contribution >= 0.6 is 43.2 Å². The largest absolute Gasteiger partial charge is 0.380 e. The number of benzene rings is 1. The molecule has 0 fully saturated rings. The van der Waals surface area contributed by atoms with Gasteiger partial charge in [0.15, 0.2) is 0 Å². The maximum Gasteiger partial charge on any atom is 0.292 e. The predicted octanol–water partition coefficient (Wildman–Crippen LogP) is 4.37. The number of aryl methyl sites for hydroxylation is 1. The van der Waals surface area contributed by atoms with Crippen LogP contribution in [0.4, 0.5) is 0 Å². The molecule has 0 saturated heterocycles. The Kier molecular flexibility index (Phi) is 4.64. The van der Waals surface area contributed by atoms with E-state index in [4.69, 9.17) is 4.74 Å². The van der Waals surface area contributed by atoms with Gasteiger partial charge in [0.1, 0.15) is 15.0 Å². The van der Waals surface area contributed by atoms with Gasteiger partial charge in [0.05, 0.1) is 18.0 Å². The quantitative estimate of drug-likeness (QED) is 0.422. The Hall–Kier alpha value is -1.68.